The maximum atomic E-state index is 11.2. The van der Waals surface area contributed by atoms with Gasteiger partial charge in [0.25, 0.3) is 0 Å². The van der Waals surface area contributed by atoms with Crippen molar-refractivity contribution in [3.63, 3.8) is 0 Å². The van der Waals surface area contributed by atoms with Crippen LogP contribution in [-0.4, -0.2) is 36.8 Å². The highest BCUT2D eigenvalue weighted by Crippen LogP contribution is 2.25. The Hall–Kier alpha value is -1.72. The Morgan fingerprint density at radius 2 is 2.04 bits per heavy atom. The van der Waals surface area contributed by atoms with E-state index in [1.165, 1.54) is 60.8 Å². The van der Waals surface area contributed by atoms with Crippen molar-refractivity contribution in [2.75, 3.05) is 19.7 Å². The molecule has 3 N–H and O–H groups in total. The molecule has 3 heterocycles. The summed E-state index contributed by atoms with van der Waals surface area (Å²) in [5, 5.41) is 7.62. The molecule has 2 aliphatic rings. The lowest BCUT2D eigenvalue weighted by atomic mass is 9.91. The Morgan fingerprint density at radius 3 is 2.81 bits per heavy atom. The van der Waals surface area contributed by atoms with Gasteiger partial charge in [0.05, 0.1) is 6.04 Å². The van der Waals surface area contributed by atoms with E-state index in [1.54, 1.807) is 0 Å². The molecule has 0 radical (unpaired) electrons. The lowest BCUT2D eigenvalue weighted by molar-refractivity contribution is 0.177. The number of piperidine rings is 1. The number of halogens is 1. The second-order valence-electron chi connectivity index (χ2n) is 7.42. The molecule has 2 fully saturated rings. The molecule has 0 aliphatic carbocycles. The van der Waals surface area contributed by atoms with Gasteiger partial charge in [-0.2, -0.15) is 0 Å². The topological polar surface area (TPSA) is 66.2 Å². The molecule has 2 saturated heterocycles. The van der Waals surface area contributed by atoms with Gasteiger partial charge in [0.15, 0.2) is 0 Å². The van der Waals surface area contributed by atoms with Crippen molar-refractivity contribution in [3.8, 4) is 0 Å². The molecule has 26 heavy (non-hydrogen) atoms. The van der Waals surface area contributed by atoms with E-state index in [0.29, 0.717) is 6.61 Å². The van der Waals surface area contributed by atoms with Crippen LogP contribution in [0.5, 0.6) is 0 Å². The second kappa shape index (κ2) is 8.78. The molecule has 2 aromatic rings. The van der Waals surface area contributed by atoms with Crippen LogP contribution < -0.4 is 10.6 Å². The van der Waals surface area contributed by atoms with Crippen LogP contribution in [-0.2, 0) is 17.6 Å². The molecule has 6 heteroatoms. The number of ether oxygens (including phenoxy) is 1. The predicted octanol–water partition coefficient (Wildman–Crippen LogP) is 3.56. The van der Waals surface area contributed by atoms with Gasteiger partial charge in [0.2, 0.25) is 0 Å². The number of alkyl carbamates (subject to hydrolysis) is 1. The van der Waals surface area contributed by atoms with Crippen LogP contribution in [0.1, 0.15) is 36.8 Å². The normalized spacial score (nSPS) is 20.6. The number of carbonyl (C=O) groups is 1. The number of amides is 1. The number of fused-ring (bicyclic) bond motifs is 1. The van der Waals surface area contributed by atoms with Gasteiger partial charge in [-0.05, 0) is 74.4 Å². The highest BCUT2D eigenvalue weighted by molar-refractivity contribution is 5.85. The summed E-state index contributed by atoms with van der Waals surface area (Å²) in [4.78, 5) is 14.6. The first kappa shape index (κ1) is 19.1. The minimum Gasteiger partial charge on any atom is -0.447 e. The molecule has 0 bridgehead atoms. The van der Waals surface area contributed by atoms with E-state index in [0.717, 1.165) is 18.8 Å². The smallest absolute Gasteiger partial charge is 0.407 e. The number of benzene rings is 1. The summed E-state index contributed by atoms with van der Waals surface area (Å²) in [5.41, 5.74) is 3.87. The highest BCUT2D eigenvalue weighted by atomic mass is 35.5. The Kier molecular flexibility index (Phi) is 6.43. The van der Waals surface area contributed by atoms with E-state index in [4.69, 9.17) is 4.74 Å². The summed E-state index contributed by atoms with van der Waals surface area (Å²) >= 11 is 0. The molecule has 142 valence electrons. The molecular formula is C20H28ClN3O2. The van der Waals surface area contributed by atoms with Crippen LogP contribution in [0.4, 0.5) is 4.79 Å². The maximum absolute atomic E-state index is 11.2. The molecule has 0 spiro atoms. The monoisotopic (exact) mass is 377 g/mol. The van der Waals surface area contributed by atoms with Crippen LogP contribution in [0.2, 0.25) is 0 Å². The molecule has 0 saturated carbocycles. The minimum absolute atomic E-state index is 0. The molecule has 4 rings (SSSR count). The fourth-order valence-corrected chi connectivity index (χ4v) is 4.13. The summed E-state index contributed by atoms with van der Waals surface area (Å²) in [7, 11) is 0. The van der Waals surface area contributed by atoms with E-state index < -0.39 is 0 Å². The second-order valence-corrected chi connectivity index (χ2v) is 7.42. The van der Waals surface area contributed by atoms with Gasteiger partial charge in [-0.25, -0.2) is 4.79 Å². The highest BCUT2D eigenvalue weighted by Gasteiger charge is 2.22. The maximum Gasteiger partial charge on any atom is 0.407 e. The molecule has 1 unspecified atom stereocenters. The van der Waals surface area contributed by atoms with Gasteiger partial charge in [-0.15, -0.1) is 12.4 Å². The molecular weight excluding hydrogens is 350 g/mol. The van der Waals surface area contributed by atoms with Gasteiger partial charge < -0.3 is 20.4 Å². The van der Waals surface area contributed by atoms with Crippen LogP contribution >= 0.6 is 12.4 Å². The van der Waals surface area contributed by atoms with E-state index in [1.807, 2.05) is 0 Å². The average molecular weight is 378 g/mol. The van der Waals surface area contributed by atoms with Crippen LogP contribution in [0, 0.1) is 5.92 Å². The molecule has 1 aromatic heterocycles. The Bertz CT molecular complexity index is 740. The Labute approximate surface area is 160 Å². The standard InChI is InChI=1S/C20H27N3O2.ClH/c24-20-23-17(13-25-20)10-15-4-5-19-18(11-15)16(12-22-19)3-1-2-14-6-8-21-9-7-14;/h4-5,11-12,14,17,21-22H,1-3,6-10,13H2,(H,23,24);1H. The Morgan fingerprint density at radius 1 is 1.19 bits per heavy atom. The van der Waals surface area contributed by atoms with Gasteiger partial charge in [0.1, 0.15) is 6.61 Å². The van der Waals surface area contributed by atoms with Crippen molar-refractivity contribution >= 4 is 29.4 Å². The van der Waals surface area contributed by atoms with Gasteiger partial charge in [0, 0.05) is 17.1 Å². The van der Waals surface area contributed by atoms with Crippen LogP contribution in [0.3, 0.4) is 0 Å². The third-order valence-corrected chi connectivity index (χ3v) is 5.57. The van der Waals surface area contributed by atoms with E-state index in [9.17, 15) is 4.79 Å². The number of aromatic nitrogens is 1. The summed E-state index contributed by atoms with van der Waals surface area (Å²) in [6.45, 7) is 2.83. The summed E-state index contributed by atoms with van der Waals surface area (Å²) in [6, 6.07) is 6.66. The number of carbonyl (C=O) groups excluding carboxylic acids is 1. The fourth-order valence-electron chi connectivity index (χ4n) is 4.13. The molecule has 1 aromatic carbocycles. The van der Waals surface area contributed by atoms with Gasteiger partial charge in [-0.1, -0.05) is 12.5 Å². The third kappa shape index (κ3) is 4.51. The number of cyclic esters (lactones) is 1. The van der Waals surface area contributed by atoms with Gasteiger partial charge >= 0.3 is 6.09 Å². The zero-order valence-corrected chi connectivity index (χ0v) is 15.9. The van der Waals surface area contributed by atoms with Crippen LogP contribution in [0.15, 0.2) is 24.4 Å². The van der Waals surface area contributed by atoms with E-state index >= 15 is 0 Å². The zero-order chi connectivity index (χ0) is 17.1. The first-order chi connectivity index (χ1) is 12.3. The van der Waals surface area contributed by atoms with Crippen molar-refractivity contribution in [1.82, 2.24) is 15.6 Å². The van der Waals surface area contributed by atoms with Gasteiger partial charge in [-0.3, -0.25) is 0 Å². The molecule has 1 amide bonds. The van der Waals surface area contributed by atoms with Crippen molar-refractivity contribution in [3.05, 3.63) is 35.5 Å². The fraction of sp³-hybridized carbons (Fsp3) is 0.550. The van der Waals surface area contributed by atoms with E-state index in [-0.39, 0.29) is 24.5 Å². The zero-order valence-electron chi connectivity index (χ0n) is 15.1. The SMILES string of the molecule is Cl.O=C1NC(Cc2ccc3[nH]cc(CCCC4CCNCC4)c3c2)CO1. The summed E-state index contributed by atoms with van der Waals surface area (Å²) in [5.74, 6) is 0.896. The molecule has 5 nitrogen and oxygen atoms in total. The van der Waals surface area contributed by atoms with Crippen molar-refractivity contribution in [2.45, 2.75) is 44.6 Å². The quantitative estimate of drug-likeness (QED) is 0.721. The first-order valence-corrected chi connectivity index (χ1v) is 9.51. The summed E-state index contributed by atoms with van der Waals surface area (Å²) < 4.78 is 4.98. The first-order valence-electron chi connectivity index (χ1n) is 9.51. The number of rotatable bonds is 6. The Balaban J connectivity index is 0.00000196. The van der Waals surface area contributed by atoms with Crippen molar-refractivity contribution in [2.24, 2.45) is 5.92 Å². The lowest BCUT2D eigenvalue weighted by Crippen LogP contribution is -2.28. The molecule has 1 atom stereocenters. The van der Waals surface area contributed by atoms with Crippen molar-refractivity contribution < 1.29 is 9.53 Å². The number of nitrogens with one attached hydrogen (secondary N) is 3. The number of hydrogen-bond acceptors (Lipinski definition) is 3. The number of aryl methyl sites for hydroxylation is 1. The minimum atomic E-state index is -0.300. The largest absolute Gasteiger partial charge is 0.447 e. The molecule has 2 aliphatic heterocycles. The van der Waals surface area contributed by atoms with Crippen LogP contribution in [0.25, 0.3) is 10.9 Å². The summed E-state index contributed by atoms with van der Waals surface area (Å²) in [6.07, 6.45) is 9.07. The lowest BCUT2D eigenvalue weighted by Gasteiger charge is -2.22. The predicted molar refractivity (Wildman–Crippen MR) is 106 cm³/mol. The number of aromatic amines is 1. The third-order valence-electron chi connectivity index (χ3n) is 5.57. The average Bonchev–Trinajstić information content (AvgIpc) is 3.22. The van der Waals surface area contributed by atoms with Crippen molar-refractivity contribution in [1.29, 1.82) is 0 Å². The van der Waals surface area contributed by atoms with E-state index in [2.05, 4.69) is 40.0 Å². The number of hydrogen-bond donors (Lipinski definition) is 3. The number of H-pyrrole nitrogens is 1.